The number of benzene rings is 5. The Bertz CT molecular complexity index is 2040. The van der Waals surface area contributed by atoms with E-state index >= 15 is 0 Å². The van der Waals surface area contributed by atoms with E-state index in [9.17, 15) is 0 Å². The van der Waals surface area contributed by atoms with Crippen LogP contribution in [0.2, 0.25) is 0 Å². The van der Waals surface area contributed by atoms with E-state index in [-0.39, 0.29) is 17.5 Å². The lowest BCUT2D eigenvalue weighted by atomic mass is 9.35. The van der Waals surface area contributed by atoms with Gasteiger partial charge in [0.05, 0.1) is 11.3 Å². The summed E-state index contributed by atoms with van der Waals surface area (Å²) in [6, 6.07) is 42.2. The molecule has 2 aliphatic heterocycles. The Morgan fingerprint density at radius 2 is 1.14 bits per heavy atom. The van der Waals surface area contributed by atoms with Gasteiger partial charge in [-0.05, 0) is 87.5 Å². The van der Waals surface area contributed by atoms with E-state index in [0.29, 0.717) is 0 Å². The van der Waals surface area contributed by atoms with Crippen molar-refractivity contribution in [3.05, 3.63) is 126 Å². The topological polar surface area (TPSA) is 19.6 Å². The maximum atomic E-state index is 6.97. The Hall–Kier alpha value is -4.70. The van der Waals surface area contributed by atoms with Crippen LogP contribution in [0, 0.1) is 0 Å². The van der Waals surface area contributed by atoms with Gasteiger partial charge in [0, 0.05) is 33.8 Å². The van der Waals surface area contributed by atoms with Gasteiger partial charge >= 0.3 is 0 Å². The lowest BCUT2D eigenvalue weighted by Gasteiger charge is -2.42. The molecule has 0 unspecified atom stereocenters. The van der Waals surface area contributed by atoms with E-state index < -0.39 is 0 Å². The lowest BCUT2D eigenvalue weighted by molar-refractivity contribution is 0.590. The monoisotopic (exact) mass is 572 g/mol. The maximum absolute atomic E-state index is 6.97. The van der Waals surface area contributed by atoms with Crippen molar-refractivity contribution in [3.8, 4) is 0 Å². The third-order valence-electron chi connectivity index (χ3n) is 9.36. The number of hydrogen-bond acceptors (Lipinski definition) is 3. The van der Waals surface area contributed by atoms with Crippen molar-refractivity contribution in [2.75, 3.05) is 9.80 Å². The molecule has 0 aliphatic carbocycles. The van der Waals surface area contributed by atoms with Crippen LogP contribution in [-0.2, 0) is 10.8 Å². The first-order valence-corrected chi connectivity index (χ1v) is 15.7. The fraction of sp³-hybridized carbons (Fsp3) is 0.200. The Morgan fingerprint density at radius 3 is 1.84 bits per heavy atom. The van der Waals surface area contributed by atoms with Gasteiger partial charge in [0.15, 0.2) is 0 Å². The summed E-state index contributed by atoms with van der Waals surface area (Å²) >= 11 is 0. The van der Waals surface area contributed by atoms with Gasteiger partial charge in [-0.15, -0.1) is 0 Å². The first-order valence-electron chi connectivity index (χ1n) is 15.7. The molecule has 0 atom stereocenters. The van der Waals surface area contributed by atoms with Crippen LogP contribution >= 0.6 is 0 Å². The summed E-state index contributed by atoms with van der Waals surface area (Å²) in [4.78, 5) is 4.86. The average molecular weight is 573 g/mol. The molecule has 0 saturated carbocycles. The van der Waals surface area contributed by atoms with E-state index in [4.69, 9.17) is 4.42 Å². The zero-order valence-electron chi connectivity index (χ0n) is 26.3. The minimum Gasteiger partial charge on any atom is -0.468 e. The summed E-state index contributed by atoms with van der Waals surface area (Å²) in [5, 5.41) is 1.16. The van der Waals surface area contributed by atoms with Gasteiger partial charge in [-0.2, -0.15) is 0 Å². The third kappa shape index (κ3) is 3.97. The van der Waals surface area contributed by atoms with Gasteiger partial charge < -0.3 is 14.2 Å². The van der Waals surface area contributed by atoms with Crippen LogP contribution in [-0.4, -0.2) is 6.71 Å². The second kappa shape index (κ2) is 9.40. The summed E-state index contributed by atoms with van der Waals surface area (Å²) in [6.07, 6.45) is 0. The van der Waals surface area contributed by atoms with Crippen molar-refractivity contribution < 1.29 is 4.42 Å². The molecule has 5 aromatic carbocycles. The molecule has 2 aliphatic rings. The summed E-state index contributed by atoms with van der Waals surface area (Å²) in [5.74, 6) is 0. The number of furan rings is 1. The number of anilines is 6. The first kappa shape index (κ1) is 26.9. The van der Waals surface area contributed by atoms with Gasteiger partial charge in [-0.25, -0.2) is 0 Å². The highest BCUT2D eigenvalue weighted by Crippen LogP contribution is 2.47. The smallest absolute Gasteiger partial charge is 0.297 e. The molecule has 0 bridgehead atoms. The average Bonchev–Trinajstić information content (AvgIpc) is 3.39. The van der Waals surface area contributed by atoms with Gasteiger partial charge in [0.2, 0.25) is 0 Å². The highest BCUT2D eigenvalue weighted by Gasteiger charge is 2.46. The quantitative estimate of drug-likeness (QED) is 0.193. The zero-order chi connectivity index (χ0) is 30.4. The molecule has 0 N–H and O–H groups in total. The minimum absolute atomic E-state index is 0.0187. The van der Waals surface area contributed by atoms with Crippen LogP contribution in [0.5, 0.6) is 0 Å². The molecule has 8 rings (SSSR count). The number of nitrogens with zero attached hydrogens (tertiary/aromatic N) is 2. The molecular formula is C40H37BN2O. The Kier molecular flexibility index (Phi) is 5.75. The Labute approximate surface area is 260 Å². The van der Waals surface area contributed by atoms with Crippen LogP contribution < -0.4 is 26.4 Å². The van der Waals surface area contributed by atoms with Gasteiger partial charge in [-0.1, -0.05) is 102 Å². The zero-order valence-corrected chi connectivity index (χ0v) is 26.3. The molecule has 3 heterocycles. The molecule has 0 saturated heterocycles. The largest absolute Gasteiger partial charge is 0.468 e. The van der Waals surface area contributed by atoms with Crippen molar-refractivity contribution in [3.63, 3.8) is 0 Å². The fourth-order valence-corrected chi connectivity index (χ4v) is 7.07. The van der Waals surface area contributed by atoms with Crippen molar-refractivity contribution in [2.45, 2.75) is 52.4 Å². The molecule has 44 heavy (non-hydrogen) atoms. The van der Waals surface area contributed by atoms with Crippen molar-refractivity contribution >= 4 is 68.4 Å². The Balaban J connectivity index is 1.46. The molecular weight excluding hydrogens is 535 g/mol. The predicted octanol–water partition coefficient (Wildman–Crippen LogP) is 9.11. The molecule has 0 spiro atoms. The lowest BCUT2D eigenvalue weighted by Crippen LogP contribution is -2.60. The normalized spacial score (nSPS) is 14.0. The van der Waals surface area contributed by atoms with E-state index in [1.54, 1.807) is 0 Å². The molecule has 4 heteroatoms. The minimum atomic E-state index is -0.0250. The van der Waals surface area contributed by atoms with Crippen LogP contribution in [0.3, 0.4) is 0 Å². The number of rotatable bonds is 2. The van der Waals surface area contributed by atoms with Crippen molar-refractivity contribution in [1.82, 2.24) is 0 Å². The Morgan fingerprint density at radius 1 is 0.545 bits per heavy atom. The molecule has 0 radical (unpaired) electrons. The van der Waals surface area contributed by atoms with Crippen LogP contribution in [0.25, 0.3) is 11.0 Å². The number of para-hydroxylation sites is 2. The van der Waals surface area contributed by atoms with E-state index in [2.05, 4.69) is 167 Å². The molecule has 0 fully saturated rings. The van der Waals surface area contributed by atoms with E-state index in [1.165, 1.54) is 39.1 Å². The predicted molar refractivity (Wildman–Crippen MR) is 188 cm³/mol. The van der Waals surface area contributed by atoms with Crippen molar-refractivity contribution in [2.24, 2.45) is 0 Å². The second-order valence-corrected chi connectivity index (χ2v) is 14.3. The van der Waals surface area contributed by atoms with Gasteiger partial charge in [0.25, 0.3) is 6.71 Å². The van der Waals surface area contributed by atoms with Crippen LogP contribution in [0.15, 0.2) is 120 Å². The summed E-state index contributed by atoms with van der Waals surface area (Å²) in [7, 11) is 0. The summed E-state index contributed by atoms with van der Waals surface area (Å²) in [6.45, 7) is 13.6. The van der Waals surface area contributed by atoms with Crippen LogP contribution in [0.1, 0.15) is 52.7 Å². The fourth-order valence-electron chi connectivity index (χ4n) is 7.07. The number of fused-ring (bicyclic) bond motifs is 6. The molecule has 3 nitrogen and oxygen atoms in total. The van der Waals surface area contributed by atoms with Gasteiger partial charge in [-0.3, -0.25) is 0 Å². The molecule has 0 amide bonds. The molecule has 6 aromatic rings. The second-order valence-electron chi connectivity index (χ2n) is 14.3. The van der Waals surface area contributed by atoms with Crippen LogP contribution in [0.4, 0.5) is 34.1 Å². The van der Waals surface area contributed by atoms with E-state index in [1.807, 2.05) is 0 Å². The first-order chi connectivity index (χ1) is 21.1. The highest BCUT2D eigenvalue weighted by atomic mass is 16.3. The summed E-state index contributed by atoms with van der Waals surface area (Å²) < 4.78 is 6.97. The standard InChI is InChI=1S/C40H37BN2O/c1-39(2,3)26-19-22-29(23-20-26)43-34-18-12-17-33-36(34)41(31-15-10-11-16-32(31)42(33)28-13-8-7-9-14-28)38-37(43)30-25-27(40(4,5)6)21-24-35(30)44-38/h7-25H,1-6H3. The summed E-state index contributed by atoms with van der Waals surface area (Å²) in [5.41, 5.74) is 14.2. The van der Waals surface area contributed by atoms with Gasteiger partial charge in [0.1, 0.15) is 5.58 Å². The maximum Gasteiger partial charge on any atom is 0.297 e. The molecule has 216 valence electrons. The number of hydrogen-bond donors (Lipinski definition) is 0. The highest BCUT2D eigenvalue weighted by molar-refractivity contribution is 6.99. The molecule has 1 aromatic heterocycles. The van der Waals surface area contributed by atoms with Crippen molar-refractivity contribution in [1.29, 1.82) is 0 Å². The third-order valence-corrected chi connectivity index (χ3v) is 9.36. The van der Waals surface area contributed by atoms with E-state index in [0.717, 1.165) is 33.7 Å². The SMILES string of the molecule is CC(C)(C)c1ccc(N2c3cccc4c3B(c3ccccc3N4c3ccccc3)c3oc4ccc(C(C)(C)C)cc4c32)cc1.